The summed E-state index contributed by atoms with van der Waals surface area (Å²) in [5.41, 5.74) is 2.38. The normalized spacial score (nSPS) is 10.1. The predicted molar refractivity (Wildman–Crippen MR) is 94.4 cm³/mol. The third kappa shape index (κ3) is 5.43. The van der Waals surface area contributed by atoms with E-state index in [1.165, 1.54) is 6.92 Å². The number of hydrogen-bond donors (Lipinski definition) is 2. The molecule has 126 valence electrons. The molecular weight excluding hydrogens is 304 g/mol. The molecule has 0 aliphatic carbocycles. The highest BCUT2D eigenvalue weighted by Crippen LogP contribution is 2.12. The van der Waals surface area contributed by atoms with Crippen LogP contribution in [0.2, 0.25) is 0 Å². The fourth-order valence-corrected chi connectivity index (χ4v) is 2.25. The van der Waals surface area contributed by atoms with Crippen LogP contribution in [0.3, 0.4) is 0 Å². The Kier molecular flexibility index (Phi) is 6.37. The second kappa shape index (κ2) is 8.72. The molecule has 2 aromatic rings. The smallest absolute Gasteiger partial charge is 0.251 e. The molecule has 0 radical (unpaired) electrons. The molecule has 0 heterocycles. The van der Waals surface area contributed by atoms with Gasteiger partial charge >= 0.3 is 0 Å². The molecule has 0 unspecified atom stereocenters. The highest BCUT2D eigenvalue weighted by molar-refractivity contribution is 5.95. The SMILES string of the molecule is CCOc1ccc(CCNC(=O)c2ccc(NC(C)=O)cc2)cc1. The van der Waals surface area contributed by atoms with Crippen molar-refractivity contribution >= 4 is 17.5 Å². The van der Waals surface area contributed by atoms with Gasteiger partial charge in [-0.15, -0.1) is 0 Å². The summed E-state index contributed by atoms with van der Waals surface area (Å²) >= 11 is 0. The van der Waals surface area contributed by atoms with Gasteiger partial charge in [-0.05, 0) is 55.3 Å². The monoisotopic (exact) mass is 326 g/mol. The van der Waals surface area contributed by atoms with Crippen molar-refractivity contribution < 1.29 is 14.3 Å². The van der Waals surface area contributed by atoms with Crippen molar-refractivity contribution in [1.29, 1.82) is 0 Å². The van der Waals surface area contributed by atoms with Gasteiger partial charge in [0.15, 0.2) is 0 Å². The van der Waals surface area contributed by atoms with E-state index >= 15 is 0 Å². The first-order chi connectivity index (χ1) is 11.6. The maximum absolute atomic E-state index is 12.1. The average Bonchev–Trinajstić information content (AvgIpc) is 2.57. The van der Waals surface area contributed by atoms with Crippen LogP contribution in [-0.2, 0) is 11.2 Å². The average molecular weight is 326 g/mol. The van der Waals surface area contributed by atoms with Crippen LogP contribution >= 0.6 is 0 Å². The number of anilines is 1. The number of ether oxygens (including phenoxy) is 1. The van der Waals surface area contributed by atoms with Crippen LogP contribution < -0.4 is 15.4 Å². The molecule has 2 amide bonds. The molecule has 0 spiro atoms. The number of rotatable bonds is 7. The van der Waals surface area contributed by atoms with Gasteiger partial charge in [0.25, 0.3) is 5.91 Å². The summed E-state index contributed by atoms with van der Waals surface area (Å²) in [6, 6.07) is 14.7. The molecule has 0 aromatic heterocycles. The standard InChI is InChI=1S/C19H22N2O3/c1-3-24-18-10-4-15(5-11-18)12-13-20-19(23)16-6-8-17(9-7-16)21-14(2)22/h4-11H,3,12-13H2,1-2H3,(H,20,23)(H,21,22). The van der Waals surface area contributed by atoms with Crippen molar-refractivity contribution in [3.05, 3.63) is 59.7 Å². The first-order valence-corrected chi connectivity index (χ1v) is 7.96. The molecule has 0 saturated heterocycles. The minimum atomic E-state index is -0.137. The van der Waals surface area contributed by atoms with Crippen molar-refractivity contribution in [3.8, 4) is 5.75 Å². The van der Waals surface area contributed by atoms with E-state index < -0.39 is 0 Å². The van der Waals surface area contributed by atoms with Gasteiger partial charge in [-0.25, -0.2) is 0 Å². The van der Waals surface area contributed by atoms with Gasteiger partial charge in [-0.1, -0.05) is 12.1 Å². The summed E-state index contributed by atoms with van der Waals surface area (Å²) in [4.78, 5) is 23.1. The van der Waals surface area contributed by atoms with Gasteiger partial charge in [-0.2, -0.15) is 0 Å². The number of amides is 2. The number of nitrogens with one attached hydrogen (secondary N) is 2. The fraction of sp³-hybridized carbons (Fsp3) is 0.263. The molecule has 24 heavy (non-hydrogen) atoms. The quantitative estimate of drug-likeness (QED) is 0.822. The summed E-state index contributed by atoms with van der Waals surface area (Å²) in [6.45, 7) is 4.60. The Balaban J connectivity index is 1.81. The van der Waals surface area contributed by atoms with E-state index in [0.717, 1.165) is 17.7 Å². The first-order valence-electron chi connectivity index (χ1n) is 7.96. The molecule has 0 fully saturated rings. The lowest BCUT2D eigenvalue weighted by Gasteiger charge is -2.08. The van der Waals surface area contributed by atoms with Crippen LogP contribution in [0.5, 0.6) is 5.75 Å². The third-order valence-electron chi connectivity index (χ3n) is 3.40. The molecule has 5 nitrogen and oxygen atoms in total. The van der Waals surface area contributed by atoms with Gasteiger partial charge in [0.1, 0.15) is 5.75 Å². The second-order valence-corrected chi connectivity index (χ2v) is 5.34. The van der Waals surface area contributed by atoms with Gasteiger partial charge < -0.3 is 15.4 Å². The Morgan fingerprint density at radius 2 is 1.67 bits per heavy atom. The topological polar surface area (TPSA) is 67.4 Å². The Labute approximate surface area is 142 Å². The van der Waals surface area contributed by atoms with Crippen LogP contribution in [0.1, 0.15) is 29.8 Å². The van der Waals surface area contributed by atoms with Crippen molar-refractivity contribution in [2.24, 2.45) is 0 Å². The molecule has 0 bridgehead atoms. The number of carbonyl (C=O) groups excluding carboxylic acids is 2. The lowest BCUT2D eigenvalue weighted by atomic mass is 10.1. The van der Waals surface area contributed by atoms with Crippen LogP contribution in [0.15, 0.2) is 48.5 Å². The summed E-state index contributed by atoms with van der Waals surface area (Å²) < 4.78 is 5.40. The van der Waals surface area contributed by atoms with Gasteiger partial charge in [0.05, 0.1) is 6.61 Å². The largest absolute Gasteiger partial charge is 0.494 e. The third-order valence-corrected chi connectivity index (χ3v) is 3.40. The van der Waals surface area contributed by atoms with E-state index in [1.54, 1.807) is 24.3 Å². The van der Waals surface area contributed by atoms with Gasteiger partial charge in [0, 0.05) is 24.7 Å². The number of benzene rings is 2. The number of hydrogen-bond acceptors (Lipinski definition) is 3. The van der Waals surface area contributed by atoms with Crippen LogP contribution in [-0.4, -0.2) is 25.0 Å². The highest BCUT2D eigenvalue weighted by Gasteiger charge is 2.05. The Bertz CT molecular complexity index is 679. The van der Waals surface area contributed by atoms with Crippen molar-refractivity contribution in [1.82, 2.24) is 5.32 Å². The van der Waals surface area contributed by atoms with Crippen molar-refractivity contribution in [2.45, 2.75) is 20.3 Å². The van der Waals surface area contributed by atoms with Crippen LogP contribution in [0.4, 0.5) is 5.69 Å². The van der Waals surface area contributed by atoms with Crippen LogP contribution in [0, 0.1) is 0 Å². The molecule has 0 aliphatic heterocycles. The molecule has 5 heteroatoms. The van der Waals surface area contributed by atoms with Crippen molar-refractivity contribution in [2.75, 3.05) is 18.5 Å². The first kappa shape index (κ1) is 17.5. The van der Waals surface area contributed by atoms with E-state index in [-0.39, 0.29) is 11.8 Å². The van der Waals surface area contributed by atoms with Gasteiger partial charge in [-0.3, -0.25) is 9.59 Å². The van der Waals surface area contributed by atoms with E-state index in [2.05, 4.69) is 10.6 Å². The highest BCUT2D eigenvalue weighted by atomic mass is 16.5. The summed E-state index contributed by atoms with van der Waals surface area (Å²) in [7, 11) is 0. The van der Waals surface area contributed by atoms with Crippen molar-refractivity contribution in [3.63, 3.8) is 0 Å². The molecule has 2 N–H and O–H groups in total. The molecule has 0 saturated carbocycles. The second-order valence-electron chi connectivity index (χ2n) is 5.34. The number of carbonyl (C=O) groups is 2. The zero-order valence-electron chi connectivity index (χ0n) is 14.0. The lowest BCUT2D eigenvalue weighted by molar-refractivity contribution is -0.114. The van der Waals surface area contributed by atoms with E-state index in [1.807, 2.05) is 31.2 Å². The van der Waals surface area contributed by atoms with Gasteiger partial charge in [0.2, 0.25) is 5.91 Å². The molecule has 0 aliphatic rings. The zero-order valence-corrected chi connectivity index (χ0v) is 14.0. The maximum atomic E-state index is 12.1. The molecule has 2 aromatic carbocycles. The summed E-state index contributed by atoms with van der Waals surface area (Å²) in [5, 5.41) is 5.56. The Morgan fingerprint density at radius 1 is 1.00 bits per heavy atom. The summed E-state index contributed by atoms with van der Waals surface area (Å²) in [6.07, 6.45) is 0.752. The zero-order chi connectivity index (χ0) is 17.4. The molecule has 2 rings (SSSR count). The van der Waals surface area contributed by atoms with Crippen LogP contribution in [0.25, 0.3) is 0 Å². The predicted octanol–water partition coefficient (Wildman–Crippen LogP) is 3.02. The molecule has 0 atom stereocenters. The van der Waals surface area contributed by atoms with E-state index in [4.69, 9.17) is 4.74 Å². The Hall–Kier alpha value is -2.82. The Morgan fingerprint density at radius 3 is 2.25 bits per heavy atom. The minimum Gasteiger partial charge on any atom is -0.494 e. The van der Waals surface area contributed by atoms with E-state index in [9.17, 15) is 9.59 Å². The minimum absolute atomic E-state index is 0.129. The maximum Gasteiger partial charge on any atom is 0.251 e. The summed E-state index contributed by atoms with van der Waals surface area (Å²) in [5.74, 6) is 0.586. The lowest BCUT2D eigenvalue weighted by Crippen LogP contribution is -2.25. The molecular formula is C19H22N2O3. The fourth-order valence-electron chi connectivity index (χ4n) is 2.25. The van der Waals surface area contributed by atoms with E-state index in [0.29, 0.717) is 24.4 Å².